The van der Waals surface area contributed by atoms with Gasteiger partial charge in [0.25, 0.3) is 5.91 Å². The summed E-state index contributed by atoms with van der Waals surface area (Å²) in [5.74, 6) is -1.28. The molecule has 0 fully saturated rings. The van der Waals surface area contributed by atoms with Crippen molar-refractivity contribution in [1.82, 2.24) is 10.2 Å². The van der Waals surface area contributed by atoms with Crippen molar-refractivity contribution in [2.75, 3.05) is 13.2 Å². The molecule has 144 valence electrons. The minimum atomic E-state index is -0.722. The van der Waals surface area contributed by atoms with Gasteiger partial charge < -0.3 is 15.0 Å². The maximum Gasteiger partial charge on any atom is 0.261 e. The van der Waals surface area contributed by atoms with Gasteiger partial charge in [-0.05, 0) is 43.7 Å². The highest BCUT2D eigenvalue weighted by atomic mass is 35.5. The van der Waals surface area contributed by atoms with Crippen molar-refractivity contribution in [3.05, 3.63) is 64.9 Å². The Morgan fingerprint density at radius 3 is 2.63 bits per heavy atom. The smallest absolute Gasteiger partial charge is 0.261 e. The van der Waals surface area contributed by atoms with E-state index in [4.69, 9.17) is 16.3 Å². The average molecular weight is 393 g/mol. The van der Waals surface area contributed by atoms with Crippen LogP contribution in [0.1, 0.15) is 19.4 Å². The molecule has 1 N–H and O–H groups in total. The molecule has 2 aromatic rings. The van der Waals surface area contributed by atoms with Crippen molar-refractivity contribution >= 4 is 23.4 Å². The van der Waals surface area contributed by atoms with Gasteiger partial charge >= 0.3 is 0 Å². The van der Waals surface area contributed by atoms with Crippen LogP contribution >= 0.6 is 11.6 Å². The molecule has 0 saturated heterocycles. The molecule has 0 radical (unpaired) electrons. The van der Waals surface area contributed by atoms with Crippen molar-refractivity contribution in [2.24, 2.45) is 0 Å². The van der Waals surface area contributed by atoms with E-state index in [1.165, 1.54) is 23.1 Å². The van der Waals surface area contributed by atoms with Gasteiger partial charge in [0, 0.05) is 18.1 Å². The number of para-hydroxylation sites is 1. The van der Waals surface area contributed by atoms with Crippen LogP contribution in [0, 0.1) is 5.82 Å². The van der Waals surface area contributed by atoms with Gasteiger partial charge in [0.05, 0.1) is 0 Å². The number of likely N-dealkylation sites (N-methyl/N-ethyl adjacent to an activating group) is 1. The largest absolute Gasteiger partial charge is 0.481 e. The topological polar surface area (TPSA) is 58.6 Å². The molecule has 0 saturated carbocycles. The second kappa shape index (κ2) is 9.92. The molecule has 2 amide bonds. The van der Waals surface area contributed by atoms with Crippen LogP contribution in [0.2, 0.25) is 5.02 Å². The second-order valence-corrected chi connectivity index (χ2v) is 6.38. The Balaban J connectivity index is 2.15. The summed E-state index contributed by atoms with van der Waals surface area (Å²) in [4.78, 5) is 26.4. The molecule has 0 aliphatic heterocycles. The zero-order valence-corrected chi connectivity index (χ0v) is 16.0. The van der Waals surface area contributed by atoms with Crippen molar-refractivity contribution < 1.29 is 18.7 Å². The summed E-state index contributed by atoms with van der Waals surface area (Å²) in [5.41, 5.74) is 0.776. The Kier molecular flexibility index (Phi) is 7.61. The van der Waals surface area contributed by atoms with E-state index >= 15 is 0 Å². The van der Waals surface area contributed by atoms with E-state index in [2.05, 4.69) is 5.32 Å². The maximum atomic E-state index is 13.7. The lowest BCUT2D eigenvalue weighted by molar-refractivity contribution is -0.142. The second-order valence-electron chi connectivity index (χ2n) is 5.94. The normalized spacial score (nSPS) is 11.6. The van der Waals surface area contributed by atoms with E-state index in [0.29, 0.717) is 11.6 Å². The first kappa shape index (κ1) is 20.7. The number of halogens is 2. The number of carbonyl (C=O) groups excluding carboxylic acids is 2. The van der Waals surface area contributed by atoms with Gasteiger partial charge in [-0.15, -0.1) is 0 Å². The molecule has 1 atom stereocenters. The van der Waals surface area contributed by atoms with Gasteiger partial charge in [-0.2, -0.15) is 0 Å². The fraction of sp³-hybridized carbons (Fsp3) is 0.300. The molecule has 0 heterocycles. The van der Waals surface area contributed by atoms with Gasteiger partial charge in [-0.25, -0.2) is 4.39 Å². The van der Waals surface area contributed by atoms with E-state index in [1.807, 2.05) is 6.07 Å². The minimum absolute atomic E-state index is 0.0146. The van der Waals surface area contributed by atoms with Crippen LogP contribution < -0.4 is 10.1 Å². The minimum Gasteiger partial charge on any atom is -0.481 e. The zero-order chi connectivity index (χ0) is 19.8. The number of ether oxygens (including phenoxy) is 1. The van der Waals surface area contributed by atoms with Crippen molar-refractivity contribution in [3.63, 3.8) is 0 Å². The van der Waals surface area contributed by atoms with Crippen molar-refractivity contribution in [2.45, 2.75) is 26.4 Å². The van der Waals surface area contributed by atoms with Crippen LogP contribution in [0.25, 0.3) is 0 Å². The molecule has 5 nitrogen and oxygen atoms in total. The lowest BCUT2D eigenvalue weighted by atomic mass is 10.1. The van der Waals surface area contributed by atoms with Crippen molar-refractivity contribution in [3.8, 4) is 5.75 Å². The molecular formula is C20H22ClFN2O3. The molecule has 0 aliphatic carbocycles. The number of hydrogen-bond donors (Lipinski definition) is 1. The lowest BCUT2D eigenvalue weighted by Crippen LogP contribution is -2.49. The number of amides is 2. The van der Waals surface area contributed by atoms with Crippen LogP contribution in [-0.2, 0) is 16.1 Å². The third-order valence-electron chi connectivity index (χ3n) is 3.95. The third kappa shape index (κ3) is 5.96. The van der Waals surface area contributed by atoms with Crippen molar-refractivity contribution in [1.29, 1.82) is 0 Å². The zero-order valence-electron chi connectivity index (χ0n) is 15.2. The summed E-state index contributed by atoms with van der Waals surface area (Å²) in [7, 11) is 0. The number of nitrogens with zero attached hydrogens (tertiary/aromatic N) is 1. The van der Waals surface area contributed by atoms with E-state index in [0.717, 1.165) is 5.56 Å². The highest BCUT2D eigenvalue weighted by molar-refractivity contribution is 6.30. The first-order valence-electron chi connectivity index (χ1n) is 8.61. The summed E-state index contributed by atoms with van der Waals surface area (Å²) in [6, 6.07) is 12.2. The van der Waals surface area contributed by atoms with E-state index < -0.39 is 17.8 Å². The summed E-state index contributed by atoms with van der Waals surface area (Å²) in [6.45, 7) is 3.68. The van der Waals surface area contributed by atoms with Crippen LogP contribution in [0.3, 0.4) is 0 Å². The van der Waals surface area contributed by atoms with E-state index in [9.17, 15) is 14.0 Å². The summed E-state index contributed by atoms with van der Waals surface area (Å²) in [6.07, 6.45) is 0. The lowest BCUT2D eigenvalue weighted by Gasteiger charge is -2.28. The molecule has 0 aliphatic rings. The van der Waals surface area contributed by atoms with Gasteiger partial charge in [0.1, 0.15) is 6.04 Å². The molecule has 0 bridgehead atoms. The first-order valence-corrected chi connectivity index (χ1v) is 8.99. The highest BCUT2D eigenvalue weighted by Crippen LogP contribution is 2.17. The van der Waals surface area contributed by atoms with E-state index in [-0.39, 0.29) is 24.8 Å². The Morgan fingerprint density at radius 2 is 1.96 bits per heavy atom. The number of benzene rings is 2. The van der Waals surface area contributed by atoms with Gasteiger partial charge in [0.2, 0.25) is 5.91 Å². The highest BCUT2D eigenvalue weighted by Gasteiger charge is 2.26. The SMILES string of the molecule is CCNC(=O)[C@H](C)N(Cc1cccc(Cl)c1)C(=O)COc1ccccc1F. The Morgan fingerprint density at radius 1 is 1.22 bits per heavy atom. The number of nitrogens with one attached hydrogen (secondary N) is 1. The summed E-state index contributed by atoms with van der Waals surface area (Å²) < 4.78 is 19.0. The predicted molar refractivity (Wildman–Crippen MR) is 102 cm³/mol. The standard InChI is InChI=1S/C20H22ClFN2O3/c1-3-23-20(26)14(2)24(12-15-7-6-8-16(21)11-15)19(25)13-27-18-10-5-4-9-17(18)22/h4-11,14H,3,12-13H2,1-2H3,(H,23,26)/t14-/m0/s1. The Hall–Kier alpha value is -2.60. The quantitative estimate of drug-likeness (QED) is 0.749. The molecule has 0 aromatic heterocycles. The molecule has 27 heavy (non-hydrogen) atoms. The fourth-order valence-electron chi connectivity index (χ4n) is 2.52. The number of hydrogen-bond acceptors (Lipinski definition) is 3. The average Bonchev–Trinajstić information content (AvgIpc) is 2.65. The van der Waals surface area contributed by atoms with Crippen LogP contribution in [0.5, 0.6) is 5.75 Å². The number of carbonyl (C=O) groups is 2. The van der Waals surface area contributed by atoms with Crippen LogP contribution in [0.4, 0.5) is 4.39 Å². The monoisotopic (exact) mass is 392 g/mol. The Bertz CT molecular complexity index is 800. The maximum absolute atomic E-state index is 13.7. The molecular weight excluding hydrogens is 371 g/mol. The van der Waals surface area contributed by atoms with Gasteiger partial charge in [-0.3, -0.25) is 9.59 Å². The predicted octanol–water partition coefficient (Wildman–Crippen LogP) is 3.41. The summed E-state index contributed by atoms with van der Waals surface area (Å²) in [5, 5.41) is 3.24. The molecule has 2 aromatic carbocycles. The molecule has 0 spiro atoms. The molecule has 0 unspecified atom stereocenters. The van der Waals surface area contributed by atoms with Gasteiger partial charge in [0.15, 0.2) is 18.2 Å². The number of rotatable bonds is 8. The van der Waals surface area contributed by atoms with Gasteiger partial charge in [-0.1, -0.05) is 35.9 Å². The van der Waals surface area contributed by atoms with E-state index in [1.54, 1.807) is 38.1 Å². The molecule has 2 rings (SSSR count). The molecule has 7 heteroatoms. The van der Waals surface area contributed by atoms with Crippen LogP contribution in [-0.4, -0.2) is 35.9 Å². The van der Waals surface area contributed by atoms with Crippen LogP contribution in [0.15, 0.2) is 48.5 Å². The Labute approximate surface area is 163 Å². The summed E-state index contributed by atoms with van der Waals surface area (Å²) >= 11 is 6.01. The third-order valence-corrected chi connectivity index (χ3v) is 4.18. The fourth-order valence-corrected chi connectivity index (χ4v) is 2.73. The first-order chi connectivity index (χ1) is 12.9.